The first-order chi connectivity index (χ1) is 6.50. The lowest BCUT2D eigenvalue weighted by molar-refractivity contribution is 0.244. The molecule has 0 aliphatic heterocycles. The van der Waals surface area contributed by atoms with Crippen molar-refractivity contribution in [3.05, 3.63) is 40.1 Å². The largest absolute Gasteiger partial charge is 0.389 e. The molecule has 0 aliphatic rings. The summed E-state index contributed by atoms with van der Waals surface area (Å²) in [5.41, 5.74) is 1.26. The molecular weight excluding hydrogens is 247 g/mol. The van der Waals surface area contributed by atoms with E-state index in [2.05, 4.69) is 15.9 Å². The number of hydrogen-bond donors (Lipinski definition) is 1. The Balaban J connectivity index is 3.07. The maximum absolute atomic E-state index is 13.4. The molecule has 0 aromatic heterocycles. The van der Waals surface area contributed by atoms with Crippen molar-refractivity contribution >= 4 is 21.5 Å². The highest BCUT2D eigenvalue weighted by molar-refractivity contribution is 9.10. The smallest absolute Gasteiger partial charge is 0.131 e. The zero-order valence-corrected chi connectivity index (χ0v) is 9.68. The predicted molar refractivity (Wildman–Crippen MR) is 59.4 cm³/mol. The van der Waals surface area contributed by atoms with Gasteiger partial charge in [0.05, 0.1) is 6.10 Å². The van der Waals surface area contributed by atoms with Crippen LogP contribution in [0.2, 0.25) is 0 Å². The van der Waals surface area contributed by atoms with Gasteiger partial charge < -0.3 is 5.11 Å². The van der Waals surface area contributed by atoms with Crippen molar-refractivity contribution in [2.75, 3.05) is 0 Å². The van der Waals surface area contributed by atoms with Gasteiger partial charge in [-0.3, -0.25) is 0 Å². The molecule has 0 amide bonds. The van der Waals surface area contributed by atoms with Crippen LogP contribution in [0.3, 0.4) is 0 Å². The van der Waals surface area contributed by atoms with E-state index in [1.807, 2.05) is 0 Å². The molecule has 0 radical (unpaired) electrons. The average Bonchev–Trinajstić information content (AvgIpc) is 2.01. The van der Waals surface area contributed by atoms with Crippen LogP contribution in [0.4, 0.5) is 4.39 Å². The maximum atomic E-state index is 13.4. The minimum absolute atomic E-state index is 0.284. The van der Waals surface area contributed by atoms with Crippen LogP contribution in [0.1, 0.15) is 19.4 Å². The molecule has 3 heteroatoms. The first-order valence-corrected chi connectivity index (χ1v) is 5.12. The van der Waals surface area contributed by atoms with Gasteiger partial charge in [-0.15, -0.1) is 0 Å². The minimum Gasteiger partial charge on any atom is -0.389 e. The third-order valence-corrected chi connectivity index (χ3v) is 2.34. The van der Waals surface area contributed by atoms with Crippen LogP contribution in [-0.2, 0) is 0 Å². The molecule has 1 aromatic carbocycles. The monoisotopic (exact) mass is 258 g/mol. The molecule has 14 heavy (non-hydrogen) atoms. The number of aliphatic hydroxyl groups is 1. The van der Waals surface area contributed by atoms with Gasteiger partial charge in [-0.05, 0) is 31.6 Å². The third-order valence-electron chi connectivity index (χ3n) is 1.85. The Morgan fingerprint density at radius 3 is 2.71 bits per heavy atom. The first kappa shape index (κ1) is 11.4. The number of aliphatic hydroxyl groups excluding tert-OH is 1. The summed E-state index contributed by atoms with van der Waals surface area (Å²) in [6.07, 6.45) is 1.06. The number of halogens is 2. The normalized spacial score (nSPS) is 14.2. The Morgan fingerprint density at radius 1 is 1.57 bits per heavy atom. The highest BCUT2D eigenvalue weighted by atomic mass is 79.9. The van der Waals surface area contributed by atoms with Crippen molar-refractivity contribution in [1.29, 1.82) is 0 Å². The second kappa shape index (κ2) is 4.71. The van der Waals surface area contributed by atoms with Gasteiger partial charge in [-0.2, -0.15) is 0 Å². The second-order valence-electron chi connectivity index (χ2n) is 3.21. The fourth-order valence-electron chi connectivity index (χ4n) is 1.26. The van der Waals surface area contributed by atoms with E-state index in [0.29, 0.717) is 10.0 Å². The fraction of sp³-hybridized carbons (Fsp3) is 0.273. The summed E-state index contributed by atoms with van der Waals surface area (Å²) >= 11 is 3.19. The number of rotatable bonds is 2. The van der Waals surface area contributed by atoms with Gasteiger partial charge in [0, 0.05) is 10.0 Å². The molecule has 0 aliphatic carbocycles. The van der Waals surface area contributed by atoms with Crippen molar-refractivity contribution in [2.45, 2.75) is 20.0 Å². The Bertz CT molecular complexity index is 358. The number of benzene rings is 1. The van der Waals surface area contributed by atoms with Crippen LogP contribution in [-0.4, -0.2) is 11.2 Å². The van der Waals surface area contributed by atoms with Gasteiger partial charge in [0.2, 0.25) is 0 Å². The summed E-state index contributed by atoms with van der Waals surface area (Å²) in [7, 11) is 0. The molecule has 1 aromatic rings. The first-order valence-electron chi connectivity index (χ1n) is 4.32. The van der Waals surface area contributed by atoms with Crippen LogP contribution in [0, 0.1) is 5.82 Å². The number of hydrogen-bond acceptors (Lipinski definition) is 1. The van der Waals surface area contributed by atoms with Crippen molar-refractivity contribution in [1.82, 2.24) is 0 Å². The second-order valence-corrected chi connectivity index (χ2v) is 4.13. The lowest BCUT2D eigenvalue weighted by Gasteiger charge is -2.05. The van der Waals surface area contributed by atoms with Gasteiger partial charge >= 0.3 is 0 Å². The summed E-state index contributed by atoms with van der Waals surface area (Å²) in [5.74, 6) is -0.284. The molecule has 0 saturated carbocycles. The van der Waals surface area contributed by atoms with Gasteiger partial charge in [0.15, 0.2) is 0 Å². The molecule has 1 N–H and O–H groups in total. The zero-order chi connectivity index (χ0) is 10.7. The Hall–Kier alpha value is -0.670. The van der Waals surface area contributed by atoms with Crippen molar-refractivity contribution < 1.29 is 9.50 Å². The molecule has 1 nitrogen and oxygen atoms in total. The summed E-state index contributed by atoms with van der Waals surface area (Å²) < 4.78 is 14.1. The van der Waals surface area contributed by atoms with Crippen LogP contribution in [0.15, 0.2) is 28.7 Å². The van der Waals surface area contributed by atoms with E-state index in [1.54, 1.807) is 32.1 Å². The Kier molecular flexibility index (Phi) is 3.84. The number of allylic oxidation sites excluding steroid dienone is 1. The lowest BCUT2D eigenvalue weighted by Crippen LogP contribution is -1.95. The highest BCUT2D eigenvalue weighted by Crippen LogP contribution is 2.21. The SMILES string of the molecule is C/C(=C/C(C)O)c1ccc(Br)cc1F. The van der Waals surface area contributed by atoms with Crippen molar-refractivity contribution in [2.24, 2.45) is 0 Å². The van der Waals surface area contributed by atoms with E-state index in [4.69, 9.17) is 5.11 Å². The molecule has 76 valence electrons. The van der Waals surface area contributed by atoms with Gasteiger partial charge in [-0.1, -0.05) is 28.1 Å². The third kappa shape index (κ3) is 2.93. The van der Waals surface area contributed by atoms with Crippen LogP contribution in [0.5, 0.6) is 0 Å². The van der Waals surface area contributed by atoms with E-state index in [-0.39, 0.29) is 5.82 Å². The molecular formula is C11H12BrFO. The van der Waals surface area contributed by atoms with Crippen molar-refractivity contribution in [3.8, 4) is 0 Å². The Labute approximate surface area is 91.4 Å². The summed E-state index contributed by atoms with van der Waals surface area (Å²) in [4.78, 5) is 0. The topological polar surface area (TPSA) is 20.2 Å². The summed E-state index contributed by atoms with van der Waals surface area (Å²) in [6, 6.07) is 4.88. The molecule has 1 unspecified atom stereocenters. The van der Waals surface area contributed by atoms with Crippen LogP contribution >= 0.6 is 15.9 Å². The molecule has 0 heterocycles. The summed E-state index contributed by atoms with van der Waals surface area (Å²) in [6.45, 7) is 3.42. The molecule has 1 rings (SSSR count). The van der Waals surface area contributed by atoms with Gasteiger partial charge in [0.1, 0.15) is 5.82 Å². The van der Waals surface area contributed by atoms with E-state index >= 15 is 0 Å². The predicted octanol–water partition coefficient (Wildman–Crippen LogP) is 3.37. The zero-order valence-electron chi connectivity index (χ0n) is 8.09. The molecule has 0 bridgehead atoms. The molecule has 0 spiro atoms. The minimum atomic E-state index is -0.557. The van der Waals surface area contributed by atoms with Crippen LogP contribution < -0.4 is 0 Å². The standard InChI is InChI=1S/C11H12BrFO/c1-7(5-8(2)14)10-4-3-9(12)6-11(10)13/h3-6,8,14H,1-2H3/b7-5-. The van der Waals surface area contributed by atoms with E-state index in [9.17, 15) is 4.39 Å². The average molecular weight is 259 g/mol. The van der Waals surface area contributed by atoms with Gasteiger partial charge in [0.25, 0.3) is 0 Å². The van der Waals surface area contributed by atoms with E-state index < -0.39 is 6.10 Å². The molecule has 1 atom stereocenters. The highest BCUT2D eigenvalue weighted by Gasteiger charge is 2.04. The fourth-order valence-corrected chi connectivity index (χ4v) is 1.59. The summed E-state index contributed by atoms with van der Waals surface area (Å²) in [5, 5.41) is 9.12. The molecule has 0 saturated heterocycles. The Morgan fingerprint density at radius 2 is 2.21 bits per heavy atom. The quantitative estimate of drug-likeness (QED) is 0.863. The van der Waals surface area contributed by atoms with E-state index in [0.717, 1.165) is 5.57 Å². The van der Waals surface area contributed by atoms with Gasteiger partial charge in [-0.25, -0.2) is 4.39 Å². The maximum Gasteiger partial charge on any atom is 0.131 e. The van der Waals surface area contributed by atoms with Crippen LogP contribution in [0.25, 0.3) is 5.57 Å². The van der Waals surface area contributed by atoms with Crippen molar-refractivity contribution in [3.63, 3.8) is 0 Å². The van der Waals surface area contributed by atoms with E-state index in [1.165, 1.54) is 6.07 Å². The molecule has 0 fully saturated rings. The lowest BCUT2D eigenvalue weighted by atomic mass is 10.1.